The van der Waals surface area contributed by atoms with E-state index < -0.39 is 5.91 Å². The summed E-state index contributed by atoms with van der Waals surface area (Å²) in [6.07, 6.45) is 3.48. The first kappa shape index (κ1) is 21.8. The van der Waals surface area contributed by atoms with E-state index in [9.17, 15) is 9.59 Å². The number of aromatic nitrogens is 3. The normalized spacial score (nSPS) is 15.6. The molecule has 1 aliphatic heterocycles. The highest BCUT2D eigenvalue weighted by molar-refractivity contribution is 5.96. The van der Waals surface area contributed by atoms with Gasteiger partial charge in [0.2, 0.25) is 0 Å². The van der Waals surface area contributed by atoms with E-state index in [1.165, 1.54) is 10.5 Å². The van der Waals surface area contributed by atoms with Gasteiger partial charge in [-0.2, -0.15) is 0 Å². The molecule has 1 aromatic carbocycles. The molecule has 0 radical (unpaired) electrons. The Bertz CT molecular complexity index is 1480. The van der Waals surface area contributed by atoms with Crippen LogP contribution in [0.5, 0.6) is 5.75 Å². The average molecular weight is 460 g/mol. The molecule has 3 aromatic heterocycles. The average Bonchev–Trinajstić information content (AvgIpc) is 3.39. The zero-order valence-electron chi connectivity index (χ0n) is 18.8. The number of amides is 1. The summed E-state index contributed by atoms with van der Waals surface area (Å²) >= 11 is 0. The minimum Gasteiger partial charge on any atom is -0.497 e. The summed E-state index contributed by atoms with van der Waals surface area (Å²) in [5.41, 5.74) is 1.52. The number of carbonyl (C=O) groups is 1. The van der Waals surface area contributed by atoms with Gasteiger partial charge in [-0.05, 0) is 48.7 Å². The molecule has 9 heteroatoms. The Labute approximate surface area is 195 Å². The van der Waals surface area contributed by atoms with E-state index in [4.69, 9.17) is 14.9 Å². The fraction of sp³-hybridized carbons (Fsp3) is 0.280. The first-order valence-electron chi connectivity index (χ1n) is 11.2. The van der Waals surface area contributed by atoms with Gasteiger partial charge in [-0.3, -0.25) is 19.4 Å². The lowest BCUT2D eigenvalue weighted by Gasteiger charge is -2.16. The van der Waals surface area contributed by atoms with E-state index in [-0.39, 0.29) is 34.6 Å². The molecule has 0 unspecified atom stereocenters. The van der Waals surface area contributed by atoms with Crippen molar-refractivity contribution in [2.45, 2.75) is 25.5 Å². The van der Waals surface area contributed by atoms with Gasteiger partial charge in [0.05, 0.1) is 30.7 Å². The van der Waals surface area contributed by atoms with Crippen LogP contribution in [0.25, 0.3) is 16.7 Å². The maximum atomic E-state index is 13.3. The van der Waals surface area contributed by atoms with Crippen molar-refractivity contribution in [3.05, 3.63) is 81.7 Å². The summed E-state index contributed by atoms with van der Waals surface area (Å²) in [7, 11) is 1.60. The van der Waals surface area contributed by atoms with E-state index in [1.807, 2.05) is 24.3 Å². The smallest absolute Gasteiger partial charge is 0.267 e. The second-order valence-corrected chi connectivity index (χ2v) is 8.27. The Morgan fingerprint density at radius 1 is 1.26 bits per heavy atom. The zero-order chi connectivity index (χ0) is 23.7. The molecule has 1 fully saturated rings. The van der Waals surface area contributed by atoms with E-state index in [0.29, 0.717) is 30.2 Å². The highest BCUT2D eigenvalue weighted by Crippen LogP contribution is 2.16. The van der Waals surface area contributed by atoms with Gasteiger partial charge in [-0.1, -0.05) is 18.2 Å². The maximum Gasteiger partial charge on any atom is 0.267 e. The topological polar surface area (TPSA) is 111 Å². The van der Waals surface area contributed by atoms with Gasteiger partial charge in [0, 0.05) is 19.3 Å². The van der Waals surface area contributed by atoms with Crippen LogP contribution >= 0.6 is 0 Å². The van der Waals surface area contributed by atoms with Crippen LogP contribution in [0.2, 0.25) is 0 Å². The standard InChI is InChI=1S/C25H25N5O4/c1-33-17-9-7-16(8-10-17)15-30-22(26)19(24(31)27-14-18-5-4-12-34-18)13-20-23(30)28-21-6-2-3-11-29(21)25(20)32/h2-3,6-11,13,18,26H,4-5,12,14-15H2,1H3,(H,27,31)/t18-/m1/s1. The molecule has 2 N–H and O–H groups in total. The lowest BCUT2D eigenvalue weighted by Crippen LogP contribution is -2.38. The van der Waals surface area contributed by atoms with Crippen molar-refractivity contribution in [1.29, 1.82) is 5.41 Å². The molecule has 0 saturated carbocycles. The fourth-order valence-electron chi connectivity index (χ4n) is 4.23. The molecule has 5 rings (SSSR count). The van der Waals surface area contributed by atoms with Crippen molar-refractivity contribution in [1.82, 2.24) is 19.3 Å². The highest BCUT2D eigenvalue weighted by Gasteiger charge is 2.20. The summed E-state index contributed by atoms with van der Waals surface area (Å²) < 4.78 is 13.9. The number of nitrogens with one attached hydrogen (secondary N) is 2. The zero-order valence-corrected chi connectivity index (χ0v) is 18.8. The molecule has 4 heterocycles. The third-order valence-electron chi connectivity index (χ3n) is 6.08. The summed E-state index contributed by atoms with van der Waals surface area (Å²) in [5, 5.41) is 12.0. The Morgan fingerprint density at radius 2 is 2.09 bits per heavy atom. The monoisotopic (exact) mass is 459 g/mol. The van der Waals surface area contributed by atoms with Crippen LogP contribution in [0, 0.1) is 5.41 Å². The molecule has 9 nitrogen and oxygen atoms in total. The van der Waals surface area contributed by atoms with E-state index in [2.05, 4.69) is 10.3 Å². The summed E-state index contributed by atoms with van der Waals surface area (Å²) in [6.45, 7) is 1.32. The number of benzene rings is 1. The summed E-state index contributed by atoms with van der Waals surface area (Å²) in [4.78, 5) is 31.1. The minimum atomic E-state index is -0.413. The second-order valence-electron chi connectivity index (χ2n) is 8.27. The maximum absolute atomic E-state index is 13.3. The van der Waals surface area contributed by atoms with Crippen molar-refractivity contribution in [3.8, 4) is 5.75 Å². The number of methoxy groups -OCH3 is 1. The SMILES string of the molecule is COc1ccc(Cn2c(=N)c(C(=O)NC[C@H]3CCCO3)cc3c(=O)n4ccccc4nc32)cc1. The lowest BCUT2D eigenvalue weighted by molar-refractivity contribution is 0.0856. The summed E-state index contributed by atoms with van der Waals surface area (Å²) in [6, 6.07) is 14.2. The first-order chi connectivity index (χ1) is 16.5. The first-order valence-corrected chi connectivity index (χ1v) is 11.2. The highest BCUT2D eigenvalue weighted by atomic mass is 16.5. The lowest BCUT2D eigenvalue weighted by atomic mass is 10.1. The Hall–Kier alpha value is -3.98. The van der Waals surface area contributed by atoms with Crippen molar-refractivity contribution >= 4 is 22.6 Å². The van der Waals surface area contributed by atoms with Crippen LogP contribution in [-0.4, -0.2) is 46.2 Å². The quantitative estimate of drug-likeness (QED) is 0.429. The molecule has 0 bridgehead atoms. The third-order valence-corrected chi connectivity index (χ3v) is 6.08. The minimum absolute atomic E-state index is 0.0136. The molecular formula is C25H25N5O4. The van der Waals surface area contributed by atoms with Gasteiger partial charge in [0.25, 0.3) is 11.5 Å². The van der Waals surface area contributed by atoms with Crippen LogP contribution in [0.4, 0.5) is 0 Å². The predicted octanol–water partition coefficient (Wildman–Crippen LogP) is 2.09. The van der Waals surface area contributed by atoms with Crippen molar-refractivity contribution in [2.75, 3.05) is 20.3 Å². The molecule has 34 heavy (non-hydrogen) atoms. The Kier molecular flexibility index (Phi) is 5.85. The molecule has 1 atom stereocenters. The van der Waals surface area contributed by atoms with Gasteiger partial charge >= 0.3 is 0 Å². The molecular weight excluding hydrogens is 434 g/mol. The van der Waals surface area contributed by atoms with Gasteiger partial charge in [-0.25, -0.2) is 4.98 Å². The van der Waals surface area contributed by atoms with Crippen LogP contribution in [0.3, 0.4) is 0 Å². The van der Waals surface area contributed by atoms with Crippen LogP contribution in [0.15, 0.2) is 59.5 Å². The summed E-state index contributed by atoms with van der Waals surface area (Å²) in [5.74, 6) is 0.303. The number of nitrogens with zero attached hydrogens (tertiary/aromatic N) is 3. The van der Waals surface area contributed by atoms with Gasteiger partial charge in [0.1, 0.15) is 22.5 Å². The Morgan fingerprint density at radius 3 is 2.82 bits per heavy atom. The molecule has 1 amide bonds. The van der Waals surface area contributed by atoms with Crippen molar-refractivity contribution < 1.29 is 14.3 Å². The van der Waals surface area contributed by atoms with E-state index >= 15 is 0 Å². The van der Waals surface area contributed by atoms with E-state index in [0.717, 1.165) is 18.4 Å². The molecule has 1 aliphatic rings. The van der Waals surface area contributed by atoms with E-state index in [1.54, 1.807) is 36.1 Å². The molecule has 0 aliphatic carbocycles. The number of hydrogen-bond donors (Lipinski definition) is 2. The molecule has 0 spiro atoms. The van der Waals surface area contributed by atoms with Crippen LogP contribution < -0.4 is 21.1 Å². The van der Waals surface area contributed by atoms with Crippen LogP contribution in [0.1, 0.15) is 28.8 Å². The Balaban J connectivity index is 1.64. The molecule has 174 valence electrons. The van der Waals surface area contributed by atoms with Gasteiger partial charge in [0.15, 0.2) is 0 Å². The predicted molar refractivity (Wildman–Crippen MR) is 126 cm³/mol. The number of carbonyl (C=O) groups excluding carboxylic acids is 1. The number of pyridine rings is 2. The third kappa shape index (κ3) is 4.06. The van der Waals surface area contributed by atoms with Gasteiger partial charge in [-0.15, -0.1) is 0 Å². The molecule has 1 saturated heterocycles. The second kappa shape index (κ2) is 9.11. The largest absolute Gasteiger partial charge is 0.497 e. The number of ether oxygens (including phenoxy) is 2. The van der Waals surface area contributed by atoms with Crippen molar-refractivity contribution in [3.63, 3.8) is 0 Å². The molecule has 4 aromatic rings. The number of hydrogen-bond acceptors (Lipinski definition) is 6. The number of rotatable bonds is 6. The van der Waals surface area contributed by atoms with Crippen LogP contribution in [-0.2, 0) is 11.3 Å². The number of fused-ring (bicyclic) bond motifs is 2. The fourth-order valence-corrected chi connectivity index (χ4v) is 4.23. The van der Waals surface area contributed by atoms with Gasteiger partial charge < -0.3 is 19.4 Å². The van der Waals surface area contributed by atoms with Crippen molar-refractivity contribution in [2.24, 2.45) is 0 Å².